The van der Waals surface area contributed by atoms with Crippen molar-refractivity contribution in [3.05, 3.63) is 61.5 Å². The second-order valence-electron chi connectivity index (χ2n) is 8.66. The number of hydrogen-bond acceptors (Lipinski definition) is 6. The number of allylic oxidation sites excluding steroid dienone is 1. The predicted octanol–water partition coefficient (Wildman–Crippen LogP) is 0.975. The van der Waals surface area contributed by atoms with Gasteiger partial charge < -0.3 is 20.1 Å². The number of methoxy groups -OCH3 is 1. The molecule has 2 aliphatic rings. The first kappa shape index (κ1) is 22.2. The van der Waals surface area contributed by atoms with Gasteiger partial charge >= 0.3 is 0 Å². The largest absolute Gasteiger partial charge is 0.399 e. The van der Waals surface area contributed by atoms with Crippen LogP contribution in [0, 0.1) is 0 Å². The predicted molar refractivity (Wildman–Crippen MR) is 123 cm³/mol. The smallest absolute Gasteiger partial charge is 0.257 e. The van der Waals surface area contributed by atoms with Gasteiger partial charge in [-0.15, -0.1) is 0 Å². The van der Waals surface area contributed by atoms with Crippen LogP contribution in [0.25, 0.3) is 23.0 Å². The minimum Gasteiger partial charge on any atom is -0.399 e. The molecule has 0 fully saturated rings. The summed E-state index contributed by atoms with van der Waals surface area (Å²) in [6.45, 7) is 7.79. The van der Waals surface area contributed by atoms with Crippen molar-refractivity contribution in [2.45, 2.75) is 58.3 Å². The summed E-state index contributed by atoms with van der Waals surface area (Å²) in [5, 5.41) is 12.6. The lowest BCUT2D eigenvalue weighted by Crippen LogP contribution is -2.38. The van der Waals surface area contributed by atoms with Gasteiger partial charge in [0.2, 0.25) is 0 Å². The van der Waals surface area contributed by atoms with Crippen LogP contribution < -0.4 is 21.9 Å². The van der Waals surface area contributed by atoms with E-state index >= 15 is 0 Å². The monoisotopic (exact) mass is 435 g/mol. The van der Waals surface area contributed by atoms with Crippen molar-refractivity contribution >= 4 is 17.9 Å². The minimum absolute atomic E-state index is 0.000103. The van der Waals surface area contributed by atoms with Gasteiger partial charge in [-0.25, -0.2) is 4.98 Å². The maximum Gasteiger partial charge on any atom is 0.257 e. The molecule has 7 nitrogen and oxygen atoms in total. The summed E-state index contributed by atoms with van der Waals surface area (Å²) in [6, 6.07) is 1.71. The Bertz CT molecular complexity index is 1320. The van der Waals surface area contributed by atoms with Crippen LogP contribution in [0.4, 0.5) is 0 Å². The summed E-state index contributed by atoms with van der Waals surface area (Å²) in [7, 11) is 1.48. The van der Waals surface area contributed by atoms with Crippen LogP contribution >= 0.6 is 0 Å². The van der Waals surface area contributed by atoms with E-state index in [0.29, 0.717) is 24.2 Å². The van der Waals surface area contributed by atoms with Gasteiger partial charge in [-0.05, 0) is 49.8 Å². The zero-order valence-corrected chi connectivity index (χ0v) is 18.8. The molecule has 2 aromatic rings. The van der Waals surface area contributed by atoms with Gasteiger partial charge in [-0.2, -0.15) is 0 Å². The minimum atomic E-state index is -1.81. The van der Waals surface area contributed by atoms with E-state index in [1.54, 1.807) is 10.6 Å². The number of ether oxygens (including phenoxy) is 1. The molecular formula is C25H29N3O4. The molecule has 168 valence electrons. The lowest BCUT2D eigenvalue weighted by Gasteiger charge is -2.21. The highest BCUT2D eigenvalue weighted by Crippen LogP contribution is 2.34. The van der Waals surface area contributed by atoms with E-state index in [9.17, 15) is 14.7 Å². The van der Waals surface area contributed by atoms with Gasteiger partial charge in [-0.3, -0.25) is 9.59 Å². The Hall–Kier alpha value is -3.03. The molecule has 0 bridgehead atoms. The van der Waals surface area contributed by atoms with Crippen molar-refractivity contribution in [3.8, 4) is 11.4 Å². The Morgan fingerprint density at radius 1 is 1.41 bits per heavy atom. The normalized spacial score (nSPS) is 16.9. The lowest BCUT2D eigenvalue weighted by molar-refractivity contribution is -0.123. The number of aldehydes is 1. The van der Waals surface area contributed by atoms with E-state index in [1.807, 2.05) is 0 Å². The van der Waals surface area contributed by atoms with E-state index in [0.717, 1.165) is 58.6 Å². The first-order valence-corrected chi connectivity index (χ1v) is 10.9. The average Bonchev–Trinajstić information content (AvgIpc) is 3.14. The van der Waals surface area contributed by atoms with Crippen LogP contribution in [0.1, 0.15) is 55.4 Å². The lowest BCUT2D eigenvalue weighted by atomic mass is 9.88. The zero-order chi connectivity index (χ0) is 23.2. The third-order valence-electron chi connectivity index (χ3n) is 6.40. The molecule has 0 aromatic carbocycles. The molecule has 0 radical (unpaired) electrons. The first-order chi connectivity index (χ1) is 15.2. The molecule has 0 amide bonds. The molecule has 0 saturated heterocycles. The maximum absolute atomic E-state index is 13.4. The van der Waals surface area contributed by atoms with E-state index in [-0.39, 0.29) is 23.3 Å². The van der Waals surface area contributed by atoms with E-state index < -0.39 is 5.60 Å². The Morgan fingerprint density at radius 2 is 2.16 bits per heavy atom. The van der Waals surface area contributed by atoms with Crippen molar-refractivity contribution in [2.75, 3.05) is 7.11 Å². The molecule has 1 aliphatic heterocycles. The third kappa shape index (κ3) is 3.32. The maximum atomic E-state index is 13.4. The number of pyridine rings is 2. The summed E-state index contributed by atoms with van der Waals surface area (Å²) in [5.74, 6) is 0. The summed E-state index contributed by atoms with van der Waals surface area (Å²) < 4.78 is 6.88. The highest BCUT2D eigenvalue weighted by molar-refractivity contribution is 5.73. The van der Waals surface area contributed by atoms with Crippen LogP contribution in [0.3, 0.4) is 0 Å². The number of nitrogens with zero attached hydrogens (tertiary/aromatic N) is 2. The molecule has 0 saturated carbocycles. The molecule has 3 heterocycles. The van der Waals surface area contributed by atoms with Gasteiger partial charge in [0.1, 0.15) is 5.60 Å². The number of fused-ring (bicyclic) bond motifs is 5. The van der Waals surface area contributed by atoms with E-state index in [4.69, 9.17) is 15.5 Å². The Kier molecular flexibility index (Phi) is 5.65. The molecule has 7 heteroatoms. The molecule has 32 heavy (non-hydrogen) atoms. The number of hydrogen-bond donors (Lipinski definition) is 2. The summed E-state index contributed by atoms with van der Waals surface area (Å²) in [4.78, 5) is 30.0. The zero-order valence-electron chi connectivity index (χ0n) is 18.8. The Balaban J connectivity index is 2.11. The van der Waals surface area contributed by atoms with Crippen LogP contribution in [-0.4, -0.2) is 28.1 Å². The highest BCUT2D eigenvalue weighted by atomic mass is 16.5. The van der Waals surface area contributed by atoms with Crippen molar-refractivity contribution < 1.29 is 14.6 Å². The van der Waals surface area contributed by atoms with Gasteiger partial charge in [0.15, 0.2) is 6.29 Å². The molecular weight excluding hydrogens is 406 g/mol. The number of nitrogens with two attached hydrogens (primary N) is 1. The second kappa shape index (κ2) is 8.15. The van der Waals surface area contributed by atoms with Crippen molar-refractivity contribution in [3.63, 3.8) is 0 Å². The molecule has 2 aromatic heterocycles. The van der Waals surface area contributed by atoms with Gasteiger partial charge in [0.25, 0.3) is 5.56 Å². The highest BCUT2D eigenvalue weighted by Gasteiger charge is 2.33. The quantitative estimate of drug-likeness (QED) is 0.559. The van der Waals surface area contributed by atoms with Crippen molar-refractivity contribution in [1.82, 2.24) is 9.55 Å². The number of carbonyl (C=O) groups excluding carboxylic acids is 1. The van der Waals surface area contributed by atoms with Gasteiger partial charge in [0.05, 0.1) is 29.9 Å². The standard InChI is InChI=1S/C25H29N3O4/c1-5-7-20-22-15(14(2)26)8-6-9-16(22)17-11-28-21(23(17)27-20)10-19(25(3,31)13-29)18(12-32-4)24(28)30/h7,10,13,31H,2,5-6,8-9,11-12,26H2,1,3-4H3/b20-7+. The molecule has 1 atom stereocenters. The van der Waals surface area contributed by atoms with E-state index in [2.05, 4.69) is 19.6 Å². The Morgan fingerprint density at radius 3 is 2.78 bits per heavy atom. The molecule has 4 rings (SSSR count). The Labute approximate surface area is 186 Å². The van der Waals surface area contributed by atoms with Crippen LogP contribution in [0.15, 0.2) is 23.1 Å². The van der Waals surface area contributed by atoms with Crippen molar-refractivity contribution in [1.29, 1.82) is 0 Å². The van der Waals surface area contributed by atoms with Crippen LogP contribution in [0.2, 0.25) is 0 Å². The SMILES string of the molecule is C=C(N)C1=c2c(c3c(n/c2=C/CC)-c2cc(C(C)(O)C=O)c(COC)c(=O)n2C3)CCC1. The number of aliphatic hydroxyl groups is 1. The molecule has 0 spiro atoms. The third-order valence-corrected chi connectivity index (χ3v) is 6.40. The number of rotatable bonds is 6. The molecule has 1 aliphatic carbocycles. The number of carbonyl (C=O) groups is 1. The van der Waals surface area contributed by atoms with Crippen molar-refractivity contribution in [2.24, 2.45) is 5.73 Å². The van der Waals surface area contributed by atoms with Gasteiger partial charge in [-0.1, -0.05) is 19.6 Å². The van der Waals surface area contributed by atoms with Crippen LogP contribution in [-0.2, 0) is 34.7 Å². The second-order valence-corrected chi connectivity index (χ2v) is 8.66. The van der Waals surface area contributed by atoms with Crippen LogP contribution in [0.5, 0.6) is 0 Å². The molecule has 3 N–H and O–H groups in total. The fourth-order valence-corrected chi connectivity index (χ4v) is 4.92. The summed E-state index contributed by atoms with van der Waals surface area (Å²) >= 11 is 0. The topological polar surface area (TPSA) is 107 Å². The summed E-state index contributed by atoms with van der Waals surface area (Å²) in [6.07, 6.45) is 5.98. The fraction of sp³-hybridized carbons (Fsp3) is 0.400. The first-order valence-electron chi connectivity index (χ1n) is 10.9. The van der Waals surface area contributed by atoms with E-state index in [1.165, 1.54) is 14.0 Å². The average molecular weight is 436 g/mol. The van der Waals surface area contributed by atoms with Gasteiger partial charge in [0, 0.05) is 34.7 Å². The number of aromatic nitrogens is 2. The molecule has 1 unspecified atom stereocenters. The fourth-order valence-electron chi connectivity index (χ4n) is 4.92. The summed E-state index contributed by atoms with van der Waals surface area (Å²) in [5.41, 5.74) is 9.62.